The lowest BCUT2D eigenvalue weighted by molar-refractivity contribution is -0.143. The Balaban J connectivity index is 1.78. The van der Waals surface area contributed by atoms with Gasteiger partial charge in [0.1, 0.15) is 12.4 Å². The number of hydrogen-bond acceptors (Lipinski definition) is 3. The zero-order valence-corrected chi connectivity index (χ0v) is 14.8. The Bertz CT molecular complexity index is 926. The molecule has 2 nitrogen and oxygen atoms in total. The summed E-state index contributed by atoms with van der Waals surface area (Å²) in [6.07, 6.45) is -9.80. The predicted octanol–water partition coefficient (Wildman–Crippen LogP) is 6.74. The van der Waals surface area contributed by atoms with Crippen molar-refractivity contribution in [3.63, 3.8) is 0 Å². The van der Waals surface area contributed by atoms with Crippen LogP contribution in [-0.2, 0) is 19.0 Å². The Morgan fingerprint density at radius 2 is 1.36 bits per heavy atom. The quantitative estimate of drug-likeness (QED) is 0.476. The minimum atomic E-state index is -4.90. The van der Waals surface area contributed by atoms with E-state index in [4.69, 9.17) is 4.74 Å². The summed E-state index contributed by atoms with van der Waals surface area (Å²) in [5.41, 5.74) is -2.21. The highest BCUT2D eigenvalue weighted by Crippen LogP contribution is 2.37. The topological polar surface area (TPSA) is 29.5 Å². The number of thiophene rings is 1. The maximum absolute atomic E-state index is 12.9. The lowest BCUT2D eigenvalue weighted by atomic mass is 10.1. The molecule has 0 fully saturated rings. The van der Waals surface area contributed by atoms with Gasteiger partial charge in [-0.2, -0.15) is 26.3 Å². The minimum absolute atomic E-state index is 0.0781. The molecule has 28 heavy (non-hydrogen) atoms. The van der Waals surface area contributed by atoms with Gasteiger partial charge in [-0.05, 0) is 65.7 Å². The monoisotopic (exact) mass is 418 g/mol. The summed E-state index contributed by atoms with van der Waals surface area (Å²) >= 11 is 1.17. The fraction of sp³-hybridized carbons (Fsp3) is 0.158. The Morgan fingerprint density at radius 3 is 1.82 bits per heavy atom. The maximum atomic E-state index is 12.9. The fourth-order valence-corrected chi connectivity index (χ4v) is 3.22. The largest absolute Gasteiger partial charge is 0.499 e. The average molecular weight is 418 g/mol. The highest BCUT2D eigenvalue weighted by atomic mass is 32.1. The Hall–Kier alpha value is -2.68. The van der Waals surface area contributed by atoms with Crippen LogP contribution in [0.1, 0.15) is 16.7 Å². The molecular weight excluding hydrogens is 406 g/mol. The Kier molecular flexibility index (Phi) is 5.29. The van der Waals surface area contributed by atoms with Gasteiger partial charge in [0.05, 0.1) is 11.1 Å². The number of rotatable bonds is 4. The van der Waals surface area contributed by atoms with Crippen LogP contribution in [0.3, 0.4) is 0 Å². The standard InChI is InChI=1S/C19H12F6O2S/c20-18(21,22)13-7-11(8-14(9-13)19(23,24)25)10-27-15-3-1-12(2-4-15)16-5-6-17(26)28-16/h1-9,26H,10H2. The van der Waals surface area contributed by atoms with Crippen LogP contribution in [0, 0.1) is 0 Å². The normalized spacial score (nSPS) is 12.2. The number of alkyl halides is 6. The van der Waals surface area contributed by atoms with Crippen molar-refractivity contribution in [1.29, 1.82) is 0 Å². The number of ether oxygens (including phenoxy) is 1. The van der Waals surface area contributed by atoms with Crippen LogP contribution in [0.5, 0.6) is 10.8 Å². The molecule has 0 saturated heterocycles. The zero-order chi connectivity index (χ0) is 20.5. The van der Waals surface area contributed by atoms with E-state index in [1.54, 1.807) is 30.3 Å². The van der Waals surface area contributed by atoms with Crippen molar-refractivity contribution in [2.24, 2.45) is 0 Å². The second kappa shape index (κ2) is 7.38. The lowest BCUT2D eigenvalue weighted by Crippen LogP contribution is -2.12. The van der Waals surface area contributed by atoms with Gasteiger partial charge in [0.2, 0.25) is 0 Å². The molecule has 1 heterocycles. The third-order valence-electron chi connectivity index (χ3n) is 3.78. The van der Waals surface area contributed by atoms with Crippen LogP contribution in [0.15, 0.2) is 54.6 Å². The molecule has 0 aliphatic heterocycles. The summed E-state index contributed by atoms with van der Waals surface area (Å²) in [7, 11) is 0. The molecule has 0 radical (unpaired) electrons. The molecule has 1 N–H and O–H groups in total. The zero-order valence-electron chi connectivity index (χ0n) is 13.9. The number of aromatic hydroxyl groups is 1. The first-order valence-corrected chi connectivity index (χ1v) is 8.64. The van der Waals surface area contributed by atoms with Crippen LogP contribution in [-0.4, -0.2) is 5.11 Å². The van der Waals surface area contributed by atoms with E-state index in [0.717, 1.165) is 10.4 Å². The Morgan fingerprint density at radius 1 is 0.786 bits per heavy atom. The lowest BCUT2D eigenvalue weighted by Gasteiger charge is -2.14. The van der Waals surface area contributed by atoms with E-state index >= 15 is 0 Å². The van der Waals surface area contributed by atoms with E-state index < -0.39 is 30.1 Å². The summed E-state index contributed by atoms with van der Waals surface area (Å²) < 4.78 is 82.6. The van der Waals surface area contributed by atoms with Gasteiger partial charge in [-0.1, -0.05) is 11.3 Å². The molecule has 148 valence electrons. The molecule has 0 aliphatic carbocycles. The number of benzene rings is 2. The minimum Gasteiger partial charge on any atom is -0.499 e. The molecule has 0 bridgehead atoms. The van der Waals surface area contributed by atoms with Crippen molar-refractivity contribution in [3.8, 4) is 21.3 Å². The maximum Gasteiger partial charge on any atom is 0.416 e. The first-order valence-electron chi connectivity index (χ1n) is 7.83. The van der Waals surface area contributed by atoms with Gasteiger partial charge in [0, 0.05) is 4.88 Å². The molecule has 3 aromatic rings. The van der Waals surface area contributed by atoms with Crippen LogP contribution >= 0.6 is 11.3 Å². The second-order valence-corrected chi connectivity index (χ2v) is 6.93. The van der Waals surface area contributed by atoms with E-state index in [1.807, 2.05) is 0 Å². The molecule has 2 aromatic carbocycles. The molecule has 3 rings (SSSR count). The molecule has 0 spiro atoms. The van der Waals surface area contributed by atoms with Gasteiger partial charge >= 0.3 is 12.4 Å². The smallest absolute Gasteiger partial charge is 0.416 e. The summed E-state index contributed by atoms with van der Waals surface area (Å²) in [6.45, 7) is -0.452. The van der Waals surface area contributed by atoms with Crippen molar-refractivity contribution in [1.82, 2.24) is 0 Å². The molecule has 0 aliphatic rings. The molecule has 1 aromatic heterocycles. The first kappa shape index (κ1) is 20.1. The van der Waals surface area contributed by atoms with E-state index in [0.29, 0.717) is 12.1 Å². The van der Waals surface area contributed by atoms with Crippen molar-refractivity contribution in [2.75, 3.05) is 0 Å². The summed E-state index contributed by atoms with van der Waals surface area (Å²) in [4.78, 5) is 0.803. The Labute approximate surface area is 159 Å². The third-order valence-corrected chi connectivity index (χ3v) is 4.72. The van der Waals surface area contributed by atoms with E-state index in [2.05, 4.69) is 0 Å². The summed E-state index contributed by atoms with van der Waals surface area (Å²) in [5.74, 6) is 0.287. The van der Waals surface area contributed by atoms with Crippen LogP contribution in [0.25, 0.3) is 10.4 Å². The van der Waals surface area contributed by atoms with Crippen LogP contribution in [0.2, 0.25) is 0 Å². The predicted molar refractivity (Wildman–Crippen MR) is 92.2 cm³/mol. The summed E-state index contributed by atoms with van der Waals surface area (Å²) in [6, 6.07) is 11.1. The van der Waals surface area contributed by atoms with Crippen molar-refractivity contribution in [3.05, 3.63) is 71.3 Å². The molecule has 9 heteroatoms. The van der Waals surface area contributed by atoms with E-state index in [9.17, 15) is 31.4 Å². The molecule has 0 amide bonds. The van der Waals surface area contributed by atoms with Gasteiger partial charge in [-0.15, -0.1) is 0 Å². The fourth-order valence-electron chi connectivity index (χ4n) is 2.47. The van der Waals surface area contributed by atoms with Crippen molar-refractivity contribution >= 4 is 11.3 Å². The molecule has 0 unspecified atom stereocenters. The van der Waals surface area contributed by atoms with Gasteiger partial charge < -0.3 is 9.84 Å². The molecular formula is C19H12F6O2S. The molecule has 0 atom stereocenters. The van der Waals surface area contributed by atoms with Gasteiger partial charge in [-0.3, -0.25) is 0 Å². The second-order valence-electron chi connectivity index (χ2n) is 5.87. The highest BCUT2D eigenvalue weighted by molar-refractivity contribution is 7.17. The third kappa shape index (κ3) is 4.78. The summed E-state index contributed by atoms with van der Waals surface area (Å²) in [5, 5.41) is 9.53. The molecule has 0 saturated carbocycles. The van der Waals surface area contributed by atoms with Crippen molar-refractivity contribution < 1.29 is 36.2 Å². The van der Waals surface area contributed by atoms with E-state index in [1.165, 1.54) is 17.4 Å². The van der Waals surface area contributed by atoms with Crippen LogP contribution in [0.4, 0.5) is 26.3 Å². The highest BCUT2D eigenvalue weighted by Gasteiger charge is 2.36. The van der Waals surface area contributed by atoms with Crippen LogP contribution < -0.4 is 4.74 Å². The average Bonchev–Trinajstić information content (AvgIpc) is 3.05. The number of halogens is 6. The van der Waals surface area contributed by atoms with E-state index in [-0.39, 0.29) is 22.4 Å². The van der Waals surface area contributed by atoms with Gasteiger partial charge in [-0.25, -0.2) is 0 Å². The van der Waals surface area contributed by atoms with Gasteiger partial charge in [0.25, 0.3) is 0 Å². The van der Waals surface area contributed by atoms with Gasteiger partial charge in [0.15, 0.2) is 5.06 Å². The number of hydrogen-bond donors (Lipinski definition) is 1. The SMILES string of the molecule is Oc1ccc(-c2ccc(OCc3cc(C(F)(F)F)cc(C(F)(F)F)c3)cc2)s1. The first-order chi connectivity index (χ1) is 13.0. The van der Waals surface area contributed by atoms with Crippen molar-refractivity contribution in [2.45, 2.75) is 19.0 Å².